The minimum absolute atomic E-state index is 0.0724. The second-order valence-corrected chi connectivity index (χ2v) is 8.79. The summed E-state index contributed by atoms with van der Waals surface area (Å²) in [5.41, 5.74) is 7.71. The fraction of sp³-hybridized carbons (Fsp3) is 0.391. The van der Waals surface area contributed by atoms with Crippen LogP contribution in [-0.2, 0) is 10.8 Å². The van der Waals surface area contributed by atoms with Crippen LogP contribution in [0.25, 0.3) is 0 Å². The van der Waals surface area contributed by atoms with Crippen molar-refractivity contribution in [2.75, 3.05) is 0 Å². The summed E-state index contributed by atoms with van der Waals surface area (Å²) in [5, 5.41) is 4.25. The Labute approximate surface area is 157 Å². The predicted molar refractivity (Wildman–Crippen MR) is 110 cm³/mol. The maximum atomic E-state index is 12.3. The Hall–Kier alpha value is -2.42. The number of carbonyl (C=O) groups excluding carboxylic acids is 1. The number of hydrogen-bond acceptors (Lipinski definition) is 2. The van der Waals surface area contributed by atoms with Crippen LogP contribution in [0.5, 0.6) is 0 Å². The lowest BCUT2D eigenvalue weighted by molar-refractivity contribution is 0.0955. The molecule has 0 saturated heterocycles. The number of benzene rings is 2. The highest BCUT2D eigenvalue weighted by molar-refractivity contribution is 6.00. The molecule has 0 fully saturated rings. The maximum absolute atomic E-state index is 12.3. The Bertz CT molecular complexity index is 786. The average Bonchev–Trinajstić information content (AvgIpc) is 2.58. The van der Waals surface area contributed by atoms with E-state index in [1.807, 2.05) is 43.3 Å². The number of hydrazone groups is 1. The van der Waals surface area contributed by atoms with Crippen LogP contribution in [0, 0.1) is 0 Å². The van der Waals surface area contributed by atoms with E-state index in [4.69, 9.17) is 0 Å². The second-order valence-electron chi connectivity index (χ2n) is 8.79. The van der Waals surface area contributed by atoms with Gasteiger partial charge in [0.25, 0.3) is 5.91 Å². The standard InChI is InChI=1S/C23H30N2O/c1-16(17-8-12-19(13-9-17)22(2,3)4)24-25-21(26)18-10-14-20(15-11-18)23(5,6)7/h8-15H,1-7H3,(H,25,26). The number of rotatable bonds is 3. The number of hydrogen-bond donors (Lipinski definition) is 1. The van der Waals surface area contributed by atoms with Crippen LogP contribution in [0.4, 0.5) is 0 Å². The molecule has 0 atom stereocenters. The zero-order valence-corrected chi connectivity index (χ0v) is 17.0. The molecule has 138 valence electrons. The van der Waals surface area contributed by atoms with E-state index in [-0.39, 0.29) is 16.7 Å². The largest absolute Gasteiger partial charge is 0.271 e. The first-order valence-corrected chi connectivity index (χ1v) is 9.04. The molecule has 2 aromatic carbocycles. The lowest BCUT2D eigenvalue weighted by Crippen LogP contribution is -2.20. The number of nitrogens with one attached hydrogen (secondary N) is 1. The summed E-state index contributed by atoms with van der Waals surface area (Å²) in [6.45, 7) is 14.9. The van der Waals surface area contributed by atoms with E-state index in [9.17, 15) is 4.79 Å². The van der Waals surface area contributed by atoms with Crippen molar-refractivity contribution in [2.45, 2.75) is 59.3 Å². The van der Waals surface area contributed by atoms with Gasteiger partial charge in [0, 0.05) is 5.56 Å². The Kier molecular flexibility index (Phi) is 5.70. The molecule has 0 unspecified atom stereocenters. The molecule has 0 spiro atoms. The monoisotopic (exact) mass is 350 g/mol. The zero-order chi connectivity index (χ0) is 19.5. The molecule has 1 amide bonds. The third-order valence-electron chi connectivity index (χ3n) is 4.51. The van der Waals surface area contributed by atoms with Crippen LogP contribution < -0.4 is 5.43 Å². The molecule has 0 aromatic heterocycles. The molecule has 3 heteroatoms. The molecule has 0 saturated carbocycles. The van der Waals surface area contributed by atoms with E-state index in [1.165, 1.54) is 11.1 Å². The predicted octanol–water partition coefficient (Wildman–Crippen LogP) is 5.44. The van der Waals surface area contributed by atoms with E-state index >= 15 is 0 Å². The quantitative estimate of drug-likeness (QED) is 0.581. The van der Waals surface area contributed by atoms with Gasteiger partial charge in [0.05, 0.1) is 5.71 Å². The minimum Gasteiger partial charge on any atom is -0.267 e. The molecule has 26 heavy (non-hydrogen) atoms. The molecule has 0 aliphatic heterocycles. The average molecular weight is 351 g/mol. The molecule has 0 heterocycles. The van der Waals surface area contributed by atoms with Crippen LogP contribution in [0.1, 0.15) is 75.5 Å². The molecular formula is C23H30N2O. The molecule has 0 aliphatic carbocycles. The third-order valence-corrected chi connectivity index (χ3v) is 4.51. The van der Waals surface area contributed by atoms with Gasteiger partial charge < -0.3 is 0 Å². The Balaban J connectivity index is 2.07. The van der Waals surface area contributed by atoms with Gasteiger partial charge in [0.15, 0.2) is 0 Å². The number of amides is 1. The van der Waals surface area contributed by atoms with Crippen molar-refractivity contribution < 1.29 is 4.79 Å². The van der Waals surface area contributed by atoms with Gasteiger partial charge in [0.2, 0.25) is 0 Å². The Morgan fingerprint density at radius 3 is 1.50 bits per heavy atom. The first kappa shape index (κ1) is 19.9. The summed E-state index contributed by atoms with van der Waals surface area (Å²) in [6, 6.07) is 16.0. The van der Waals surface area contributed by atoms with Gasteiger partial charge in [-0.15, -0.1) is 0 Å². The van der Waals surface area contributed by atoms with Crippen molar-refractivity contribution in [3.63, 3.8) is 0 Å². The molecule has 0 bridgehead atoms. The van der Waals surface area contributed by atoms with Crippen LogP contribution in [0.2, 0.25) is 0 Å². The first-order chi connectivity index (χ1) is 12.0. The van der Waals surface area contributed by atoms with Crippen molar-refractivity contribution in [3.8, 4) is 0 Å². The molecule has 2 aromatic rings. The molecule has 2 rings (SSSR count). The van der Waals surface area contributed by atoms with Gasteiger partial charge in [-0.3, -0.25) is 4.79 Å². The summed E-state index contributed by atoms with van der Waals surface area (Å²) < 4.78 is 0. The fourth-order valence-electron chi connectivity index (χ4n) is 2.60. The highest BCUT2D eigenvalue weighted by atomic mass is 16.2. The summed E-state index contributed by atoms with van der Waals surface area (Å²) >= 11 is 0. The summed E-state index contributed by atoms with van der Waals surface area (Å²) in [5.74, 6) is -0.198. The van der Waals surface area contributed by atoms with Crippen molar-refractivity contribution in [2.24, 2.45) is 5.10 Å². The van der Waals surface area contributed by atoms with Gasteiger partial charge in [-0.05, 0) is 46.6 Å². The van der Waals surface area contributed by atoms with Gasteiger partial charge in [0.1, 0.15) is 0 Å². The Morgan fingerprint density at radius 2 is 1.12 bits per heavy atom. The van der Waals surface area contributed by atoms with Crippen molar-refractivity contribution in [1.82, 2.24) is 5.43 Å². The summed E-state index contributed by atoms with van der Waals surface area (Å²) in [6.07, 6.45) is 0. The van der Waals surface area contributed by atoms with E-state index < -0.39 is 0 Å². The molecule has 3 nitrogen and oxygen atoms in total. The molecule has 0 radical (unpaired) electrons. The van der Waals surface area contributed by atoms with Crippen molar-refractivity contribution in [1.29, 1.82) is 0 Å². The molecular weight excluding hydrogens is 320 g/mol. The van der Waals surface area contributed by atoms with Gasteiger partial charge >= 0.3 is 0 Å². The van der Waals surface area contributed by atoms with Gasteiger partial charge in [-0.2, -0.15) is 5.10 Å². The van der Waals surface area contributed by atoms with Gasteiger partial charge in [-0.1, -0.05) is 77.9 Å². The highest BCUT2D eigenvalue weighted by Crippen LogP contribution is 2.23. The SMILES string of the molecule is CC(=NNC(=O)c1ccc(C(C)(C)C)cc1)c1ccc(C(C)(C)C)cc1. The smallest absolute Gasteiger partial charge is 0.267 e. The lowest BCUT2D eigenvalue weighted by Gasteiger charge is -2.19. The van der Waals surface area contributed by atoms with E-state index in [1.54, 1.807) is 0 Å². The highest BCUT2D eigenvalue weighted by Gasteiger charge is 2.15. The normalized spacial score (nSPS) is 12.8. The topological polar surface area (TPSA) is 41.5 Å². The van der Waals surface area contributed by atoms with Crippen LogP contribution in [-0.4, -0.2) is 11.6 Å². The van der Waals surface area contributed by atoms with Crippen LogP contribution in [0.15, 0.2) is 53.6 Å². The van der Waals surface area contributed by atoms with Crippen LogP contribution in [0.3, 0.4) is 0 Å². The van der Waals surface area contributed by atoms with Crippen molar-refractivity contribution in [3.05, 3.63) is 70.8 Å². The van der Waals surface area contributed by atoms with Gasteiger partial charge in [-0.25, -0.2) is 5.43 Å². The maximum Gasteiger partial charge on any atom is 0.271 e. The number of carbonyl (C=O) groups is 1. The lowest BCUT2D eigenvalue weighted by atomic mass is 9.86. The molecule has 1 N–H and O–H groups in total. The van der Waals surface area contributed by atoms with Crippen molar-refractivity contribution >= 4 is 11.6 Å². The Morgan fingerprint density at radius 1 is 0.731 bits per heavy atom. The molecule has 0 aliphatic rings. The van der Waals surface area contributed by atoms with E-state index in [2.05, 4.69) is 64.2 Å². The first-order valence-electron chi connectivity index (χ1n) is 9.04. The fourth-order valence-corrected chi connectivity index (χ4v) is 2.60. The second kappa shape index (κ2) is 7.45. The summed E-state index contributed by atoms with van der Waals surface area (Å²) in [7, 11) is 0. The number of nitrogens with zero attached hydrogens (tertiary/aromatic N) is 1. The zero-order valence-electron chi connectivity index (χ0n) is 17.0. The third kappa shape index (κ3) is 5.04. The van der Waals surface area contributed by atoms with E-state index in [0.29, 0.717) is 5.56 Å². The van der Waals surface area contributed by atoms with Crippen LogP contribution >= 0.6 is 0 Å². The minimum atomic E-state index is -0.198. The van der Waals surface area contributed by atoms with E-state index in [0.717, 1.165) is 11.3 Å². The summed E-state index contributed by atoms with van der Waals surface area (Å²) in [4.78, 5) is 12.3.